The van der Waals surface area contributed by atoms with E-state index in [1.54, 1.807) is 19.1 Å². The average molecular weight is 431 g/mol. The average Bonchev–Trinajstić information content (AvgIpc) is 3.18. The summed E-state index contributed by atoms with van der Waals surface area (Å²) in [6, 6.07) is 15.4. The molecule has 0 spiro atoms. The molecule has 0 atom stereocenters. The predicted octanol–water partition coefficient (Wildman–Crippen LogP) is 5.67. The molecule has 0 bridgehead atoms. The van der Waals surface area contributed by atoms with Crippen molar-refractivity contribution in [3.05, 3.63) is 81.4 Å². The first-order chi connectivity index (χ1) is 15.4. The molecule has 0 unspecified atom stereocenters. The van der Waals surface area contributed by atoms with Crippen LogP contribution in [0.2, 0.25) is 0 Å². The molecule has 0 saturated heterocycles. The Hall–Kier alpha value is -4.20. The van der Waals surface area contributed by atoms with Crippen LogP contribution in [0.15, 0.2) is 59.0 Å². The van der Waals surface area contributed by atoms with Gasteiger partial charge in [-0.2, -0.15) is 0 Å². The third-order valence-corrected chi connectivity index (χ3v) is 4.98. The largest absolute Gasteiger partial charge is 0.487 e. The van der Waals surface area contributed by atoms with E-state index in [4.69, 9.17) is 9.15 Å². The van der Waals surface area contributed by atoms with Crippen LogP contribution in [-0.4, -0.2) is 22.4 Å². The fourth-order valence-electron chi connectivity index (χ4n) is 3.37. The Bertz CT molecular complexity index is 1340. The van der Waals surface area contributed by atoms with Crippen LogP contribution >= 0.6 is 0 Å². The minimum Gasteiger partial charge on any atom is -0.487 e. The first-order valence-corrected chi connectivity index (χ1v) is 10.1. The van der Waals surface area contributed by atoms with Gasteiger partial charge in [-0.05, 0) is 74.4 Å². The fraction of sp³-hybridized carbons (Fsp3) is 0.167. The topological polar surface area (TPSA) is 108 Å². The number of oxazole rings is 1. The summed E-state index contributed by atoms with van der Waals surface area (Å²) in [5, 5.41) is 14.1. The number of hydrogen-bond donors (Lipinski definition) is 1. The minimum atomic E-state index is -0.566. The van der Waals surface area contributed by atoms with Gasteiger partial charge in [0.1, 0.15) is 5.52 Å². The highest BCUT2D eigenvalue weighted by Gasteiger charge is 2.19. The number of ether oxygens (including phenoxy) is 1. The summed E-state index contributed by atoms with van der Waals surface area (Å²) in [6.45, 7) is 5.87. The molecule has 3 aromatic carbocycles. The number of rotatable bonds is 6. The first kappa shape index (κ1) is 21.0. The normalized spacial score (nSPS) is 10.8. The van der Waals surface area contributed by atoms with E-state index < -0.39 is 10.8 Å². The van der Waals surface area contributed by atoms with Crippen molar-refractivity contribution in [2.45, 2.75) is 20.8 Å². The highest BCUT2D eigenvalue weighted by atomic mass is 16.6. The van der Waals surface area contributed by atoms with Crippen LogP contribution in [-0.2, 0) is 0 Å². The smallest absolute Gasteiger partial charge is 0.311 e. The standard InChI is InChI=1S/C24H21N3O5/c1-4-31-22-10-7-16(13-20(22)27(29)30)23(28)25-18-8-6-17(12-15(18)3)24-26-19-11-14(2)5-9-21(19)32-24/h5-13H,4H2,1-3H3,(H,25,28). The lowest BCUT2D eigenvalue weighted by atomic mass is 10.1. The van der Waals surface area contributed by atoms with E-state index in [1.165, 1.54) is 18.2 Å². The number of nitrogens with zero attached hydrogens (tertiary/aromatic N) is 2. The molecule has 1 N–H and O–H groups in total. The second-order valence-corrected chi connectivity index (χ2v) is 7.35. The van der Waals surface area contributed by atoms with Crippen molar-refractivity contribution < 1.29 is 18.9 Å². The molecular formula is C24H21N3O5. The quantitative estimate of drug-likeness (QED) is 0.311. The Labute approximate surface area is 184 Å². The zero-order valence-corrected chi connectivity index (χ0v) is 17.8. The van der Waals surface area contributed by atoms with E-state index in [0.29, 0.717) is 17.2 Å². The maximum atomic E-state index is 12.7. The van der Waals surface area contributed by atoms with E-state index in [2.05, 4.69) is 10.3 Å². The Morgan fingerprint density at radius 1 is 1.12 bits per heavy atom. The van der Waals surface area contributed by atoms with Gasteiger partial charge in [-0.15, -0.1) is 0 Å². The van der Waals surface area contributed by atoms with E-state index in [0.717, 1.165) is 22.2 Å². The van der Waals surface area contributed by atoms with Crippen LogP contribution in [0.1, 0.15) is 28.4 Å². The molecule has 8 heteroatoms. The van der Waals surface area contributed by atoms with Crippen molar-refractivity contribution in [2.75, 3.05) is 11.9 Å². The van der Waals surface area contributed by atoms with Crippen molar-refractivity contribution >= 4 is 28.4 Å². The second kappa shape index (κ2) is 8.50. The van der Waals surface area contributed by atoms with Gasteiger partial charge in [-0.3, -0.25) is 14.9 Å². The van der Waals surface area contributed by atoms with Crippen molar-refractivity contribution in [3.63, 3.8) is 0 Å². The maximum Gasteiger partial charge on any atom is 0.311 e. The zero-order chi connectivity index (χ0) is 22.8. The zero-order valence-electron chi connectivity index (χ0n) is 17.8. The molecule has 1 heterocycles. The molecule has 0 saturated carbocycles. The summed E-state index contributed by atoms with van der Waals surface area (Å²) in [4.78, 5) is 28.0. The first-order valence-electron chi connectivity index (χ1n) is 10.1. The number of anilines is 1. The number of aryl methyl sites for hydroxylation is 2. The van der Waals surface area contributed by atoms with Crippen LogP contribution in [0.25, 0.3) is 22.6 Å². The number of hydrogen-bond acceptors (Lipinski definition) is 6. The van der Waals surface area contributed by atoms with E-state index in [-0.39, 0.29) is 23.6 Å². The molecule has 32 heavy (non-hydrogen) atoms. The number of benzene rings is 3. The Balaban J connectivity index is 1.57. The summed E-state index contributed by atoms with van der Waals surface area (Å²) < 4.78 is 11.1. The summed E-state index contributed by atoms with van der Waals surface area (Å²) in [6.07, 6.45) is 0. The molecule has 0 aliphatic carbocycles. The molecule has 0 fully saturated rings. The SMILES string of the molecule is CCOc1ccc(C(=O)Nc2ccc(-c3nc4cc(C)ccc4o3)cc2C)cc1[N+](=O)[O-]. The van der Waals surface area contributed by atoms with E-state index in [1.807, 2.05) is 38.1 Å². The lowest BCUT2D eigenvalue weighted by Crippen LogP contribution is -2.13. The number of aromatic nitrogens is 1. The number of nitro groups is 1. The molecule has 0 aliphatic rings. The molecule has 162 valence electrons. The summed E-state index contributed by atoms with van der Waals surface area (Å²) in [7, 11) is 0. The maximum absolute atomic E-state index is 12.7. The van der Waals surface area contributed by atoms with Crippen molar-refractivity contribution in [3.8, 4) is 17.2 Å². The number of carbonyl (C=O) groups is 1. The molecule has 0 aliphatic heterocycles. The van der Waals surface area contributed by atoms with Gasteiger partial charge in [0, 0.05) is 22.9 Å². The second-order valence-electron chi connectivity index (χ2n) is 7.35. The number of carbonyl (C=O) groups excluding carboxylic acids is 1. The van der Waals surface area contributed by atoms with E-state index >= 15 is 0 Å². The predicted molar refractivity (Wildman–Crippen MR) is 121 cm³/mol. The highest BCUT2D eigenvalue weighted by Crippen LogP contribution is 2.30. The van der Waals surface area contributed by atoms with Crippen LogP contribution < -0.4 is 10.1 Å². The number of nitro benzene ring substituents is 1. The highest BCUT2D eigenvalue weighted by molar-refractivity contribution is 6.05. The van der Waals surface area contributed by atoms with Gasteiger partial charge >= 0.3 is 5.69 Å². The van der Waals surface area contributed by atoms with Crippen molar-refractivity contribution in [1.82, 2.24) is 4.98 Å². The van der Waals surface area contributed by atoms with Crippen molar-refractivity contribution in [2.24, 2.45) is 0 Å². The molecule has 4 aromatic rings. The van der Waals surface area contributed by atoms with Crippen LogP contribution in [0, 0.1) is 24.0 Å². The molecule has 0 radical (unpaired) electrons. The molecule has 8 nitrogen and oxygen atoms in total. The Morgan fingerprint density at radius 2 is 1.94 bits per heavy atom. The molecule has 1 aromatic heterocycles. The summed E-state index contributed by atoms with van der Waals surface area (Å²) >= 11 is 0. The third-order valence-electron chi connectivity index (χ3n) is 4.98. The van der Waals surface area contributed by atoms with Gasteiger partial charge in [0.05, 0.1) is 11.5 Å². The molecule has 4 rings (SSSR count). The van der Waals surface area contributed by atoms with Gasteiger partial charge in [0.15, 0.2) is 11.3 Å². The molecule has 1 amide bonds. The van der Waals surface area contributed by atoms with E-state index in [9.17, 15) is 14.9 Å². The van der Waals surface area contributed by atoms with Crippen LogP contribution in [0.3, 0.4) is 0 Å². The third kappa shape index (κ3) is 4.15. The lowest BCUT2D eigenvalue weighted by Gasteiger charge is -2.10. The van der Waals surface area contributed by atoms with Crippen LogP contribution in [0.5, 0.6) is 5.75 Å². The summed E-state index contributed by atoms with van der Waals surface area (Å²) in [5.74, 6) is 0.168. The lowest BCUT2D eigenvalue weighted by molar-refractivity contribution is -0.385. The van der Waals surface area contributed by atoms with Crippen molar-refractivity contribution in [1.29, 1.82) is 0 Å². The van der Waals surface area contributed by atoms with Gasteiger partial charge in [0.25, 0.3) is 5.91 Å². The number of amides is 1. The van der Waals surface area contributed by atoms with Gasteiger partial charge in [-0.25, -0.2) is 4.98 Å². The monoisotopic (exact) mass is 431 g/mol. The van der Waals surface area contributed by atoms with Crippen LogP contribution in [0.4, 0.5) is 11.4 Å². The summed E-state index contributed by atoms with van der Waals surface area (Å²) in [5.41, 5.74) is 4.67. The number of fused-ring (bicyclic) bond motifs is 1. The number of nitrogens with one attached hydrogen (secondary N) is 1. The van der Waals surface area contributed by atoms with Gasteiger partial charge in [0.2, 0.25) is 5.89 Å². The Kier molecular flexibility index (Phi) is 5.59. The Morgan fingerprint density at radius 3 is 2.66 bits per heavy atom. The van der Waals surface area contributed by atoms with Gasteiger partial charge in [-0.1, -0.05) is 6.07 Å². The molecular weight excluding hydrogens is 410 g/mol. The fourth-order valence-corrected chi connectivity index (χ4v) is 3.37. The minimum absolute atomic E-state index is 0.128. The van der Waals surface area contributed by atoms with Gasteiger partial charge < -0.3 is 14.5 Å².